The highest BCUT2D eigenvalue weighted by Crippen LogP contribution is 2.44. The lowest BCUT2D eigenvalue weighted by atomic mass is 10.1. The summed E-state index contributed by atoms with van der Waals surface area (Å²) in [7, 11) is 2.81. The van der Waals surface area contributed by atoms with Gasteiger partial charge in [0.05, 0.1) is 35.9 Å². The standard InChI is InChI=1S/C23H28Cl2FN5O4/c1-23(2,3)35-22(32)31-10-14(27)15(11-31)30-21-28-8-12(9-29-21)6-13(26)18-19(24)16(33-4)7-17(34-5)20(18)25/h6-9,14-15H,10-11,27H2,1-5H3,(H,28,29,30)/b13-6-. The van der Waals surface area contributed by atoms with E-state index in [1.54, 1.807) is 20.8 Å². The number of rotatable bonds is 6. The smallest absolute Gasteiger partial charge is 0.410 e. The molecule has 1 saturated heterocycles. The van der Waals surface area contributed by atoms with Crippen molar-refractivity contribution in [1.82, 2.24) is 14.9 Å². The maximum absolute atomic E-state index is 15.1. The van der Waals surface area contributed by atoms with Crippen molar-refractivity contribution in [3.8, 4) is 11.5 Å². The Kier molecular flexibility index (Phi) is 8.30. The molecule has 1 fully saturated rings. The zero-order valence-corrected chi connectivity index (χ0v) is 21.6. The molecule has 1 aromatic heterocycles. The van der Waals surface area contributed by atoms with Crippen molar-refractivity contribution < 1.29 is 23.4 Å². The number of amides is 1. The Hall–Kier alpha value is -2.82. The number of halogens is 3. The molecular weight excluding hydrogens is 500 g/mol. The van der Waals surface area contributed by atoms with E-state index in [0.717, 1.165) is 0 Å². The minimum Gasteiger partial charge on any atom is -0.495 e. The Morgan fingerprint density at radius 3 is 2.26 bits per heavy atom. The highest BCUT2D eigenvalue weighted by molar-refractivity contribution is 6.39. The molecule has 0 radical (unpaired) electrons. The molecule has 1 aliphatic heterocycles. The number of likely N-dealkylation sites (tertiary alicyclic amines) is 1. The number of anilines is 1. The summed E-state index contributed by atoms with van der Waals surface area (Å²) in [5.41, 5.74) is 5.89. The Morgan fingerprint density at radius 2 is 1.74 bits per heavy atom. The molecule has 2 heterocycles. The lowest BCUT2D eigenvalue weighted by Gasteiger charge is -2.24. The minimum atomic E-state index is -0.715. The number of methoxy groups -OCH3 is 2. The summed E-state index contributed by atoms with van der Waals surface area (Å²) in [6.07, 6.45) is 3.63. The van der Waals surface area contributed by atoms with Gasteiger partial charge in [-0.1, -0.05) is 23.2 Å². The fraction of sp³-hybridized carbons (Fsp3) is 0.435. The van der Waals surface area contributed by atoms with Gasteiger partial charge < -0.3 is 30.2 Å². The van der Waals surface area contributed by atoms with Crippen LogP contribution in [0.2, 0.25) is 10.0 Å². The third-order valence-electron chi connectivity index (χ3n) is 5.11. The molecule has 9 nitrogen and oxygen atoms in total. The fourth-order valence-electron chi connectivity index (χ4n) is 3.42. The van der Waals surface area contributed by atoms with Gasteiger partial charge in [0, 0.05) is 43.2 Å². The van der Waals surface area contributed by atoms with Crippen molar-refractivity contribution in [3.63, 3.8) is 0 Å². The second-order valence-electron chi connectivity index (χ2n) is 8.92. The van der Waals surface area contributed by atoms with Gasteiger partial charge in [-0.15, -0.1) is 0 Å². The minimum absolute atomic E-state index is 0.0102. The average Bonchev–Trinajstić information content (AvgIpc) is 3.14. The van der Waals surface area contributed by atoms with Crippen LogP contribution in [0.1, 0.15) is 31.9 Å². The number of nitrogens with two attached hydrogens (primary N) is 1. The molecular formula is C23H28Cl2FN5O4. The summed E-state index contributed by atoms with van der Waals surface area (Å²) in [6.45, 7) is 6.08. The largest absolute Gasteiger partial charge is 0.495 e. The SMILES string of the molecule is COc1cc(OC)c(Cl)c(/C(F)=C/c2cnc(NC3CN(C(=O)OC(C)(C)C)CC3N)nc2)c1Cl. The first-order chi connectivity index (χ1) is 16.4. The molecule has 1 aliphatic rings. The molecule has 35 heavy (non-hydrogen) atoms. The maximum Gasteiger partial charge on any atom is 0.410 e. The summed E-state index contributed by atoms with van der Waals surface area (Å²) < 4.78 is 30.9. The summed E-state index contributed by atoms with van der Waals surface area (Å²) in [5, 5.41) is 3.13. The monoisotopic (exact) mass is 527 g/mol. The maximum atomic E-state index is 15.1. The Bertz CT molecular complexity index is 1080. The molecule has 1 aromatic carbocycles. The van der Waals surface area contributed by atoms with Crippen molar-refractivity contribution in [1.29, 1.82) is 0 Å². The average molecular weight is 528 g/mol. The Morgan fingerprint density at radius 1 is 1.17 bits per heavy atom. The molecule has 1 amide bonds. The van der Waals surface area contributed by atoms with Gasteiger partial charge in [-0.2, -0.15) is 0 Å². The molecule has 0 aliphatic carbocycles. The van der Waals surface area contributed by atoms with Crippen molar-refractivity contribution in [2.75, 3.05) is 32.6 Å². The molecule has 2 atom stereocenters. The number of hydrogen-bond donors (Lipinski definition) is 2. The zero-order valence-electron chi connectivity index (χ0n) is 20.1. The molecule has 0 bridgehead atoms. The van der Waals surface area contributed by atoms with Crippen molar-refractivity contribution in [2.45, 2.75) is 38.5 Å². The highest BCUT2D eigenvalue weighted by Gasteiger charge is 2.35. The van der Waals surface area contributed by atoms with Crippen LogP contribution >= 0.6 is 23.2 Å². The van der Waals surface area contributed by atoms with Gasteiger partial charge in [0.1, 0.15) is 22.9 Å². The van der Waals surface area contributed by atoms with E-state index in [9.17, 15) is 4.79 Å². The number of ether oxygens (including phenoxy) is 3. The normalized spacial score (nSPS) is 18.4. The van der Waals surface area contributed by atoms with Gasteiger partial charge in [-0.25, -0.2) is 19.2 Å². The van der Waals surface area contributed by atoms with E-state index in [-0.39, 0.29) is 45.1 Å². The van der Waals surface area contributed by atoms with Crippen molar-refractivity contribution in [2.24, 2.45) is 5.73 Å². The van der Waals surface area contributed by atoms with E-state index >= 15 is 4.39 Å². The topological polar surface area (TPSA) is 112 Å². The van der Waals surface area contributed by atoms with Gasteiger partial charge >= 0.3 is 6.09 Å². The summed E-state index contributed by atoms with van der Waals surface area (Å²) in [4.78, 5) is 22.3. The Balaban J connectivity index is 1.73. The number of nitrogens with zero attached hydrogens (tertiary/aromatic N) is 3. The molecule has 3 rings (SSSR count). The lowest BCUT2D eigenvalue weighted by molar-refractivity contribution is 0.0291. The molecule has 190 valence electrons. The van der Waals surface area contributed by atoms with E-state index in [2.05, 4.69) is 15.3 Å². The molecule has 0 spiro atoms. The first-order valence-electron chi connectivity index (χ1n) is 10.7. The fourth-order valence-corrected chi connectivity index (χ4v) is 4.11. The number of hydrogen-bond acceptors (Lipinski definition) is 8. The van der Waals surface area contributed by atoms with E-state index in [0.29, 0.717) is 18.7 Å². The summed E-state index contributed by atoms with van der Waals surface area (Å²) in [5.74, 6) is 0.00618. The van der Waals surface area contributed by atoms with Gasteiger partial charge in [0.2, 0.25) is 5.95 Å². The van der Waals surface area contributed by atoms with Crippen molar-refractivity contribution >= 4 is 47.1 Å². The number of benzene rings is 1. The first kappa shape index (κ1) is 26.8. The summed E-state index contributed by atoms with van der Waals surface area (Å²) in [6, 6.07) is 0.862. The van der Waals surface area contributed by atoms with E-state index in [1.165, 1.54) is 43.7 Å². The predicted octanol–water partition coefficient (Wildman–Crippen LogP) is 4.63. The highest BCUT2D eigenvalue weighted by atomic mass is 35.5. The molecule has 2 aromatic rings. The molecule has 0 saturated carbocycles. The van der Waals surface area contributed by atoms with E-state index in [1.807, 2.05) is 0 Å². The van der Waals surface area contributed by atoms with E-state index < -0.39 is 17.5 Å². The third-order valence-corrected chi connectivity index (χ3v) is 5.86. The Labute approximate surface area is 213 Å². The number of aromatic nitrogens is 2. The van der Waals surface area contributed by atoms with Crippen molar-refractivity contribution in [3.05, 3.63) is 39.6 Å². The van der Waals surface area contributed by atoms with Gasteiger partial charge in [-0.3, -0.25) is 0 Å². The predicted molar refractivity (Wildman–Crippen MR) is 134 cm³/mol. The van der Waals surface area contributed by atoms with Crippen LogP contribution in [0.5, 0.6) is 11.5 Å². The van der Waals surface area contributed by atoms with Gasteiger partial charge in [0.15, 0.2) is 0 Å². The van der Waals surface area contributed by atoms with Gasteiger partial charge in [0.25, 0.3) is 0 Å². The van der Waals surface area contributed by atoms with Crippen LogP contribution in [0.25, 0.3) is 11.9 Å². The second-order valence-corrected chi connectivity index (χ2v) is 9.67. The van der Waals surface area contributed by atoms with Gasteiger partial charge in [-0.05, 0) is 26.8 Å². The third kappa shape index (κ3) is 6.45. The van der Waals surface area contributed by atoms with E-state index in [4.69, 9.17) is 43.1 Å². The molecule has 3 N–H and O–H groups in total. The van der Waals surface area contributed by atoms with Crippen LogP contribution < -0.4 is 20.5 Å². The molecule has 12 heteroatoms. The number of nitrogens with one attached hydrogen (secondary N) is 1. The van der Waals surface area contributed by atoms with Crippen LogP contribution in [0, 0.1) is 0 Å². The molecule has 2 unspecified atom stereocenters. The quantitative estimate of drug-likeness (QED) is 0.559. The van der Waals surface area contributed by atoms with Crippen LogP contribution in [0.3, 0.4) is 0 Å². The van der Waals surface area contributed by atoms with Crippen LogP contribution in [-0.4, -0.2) is 66.0 Å². The van der Waals surface area contributed by atoms with Crippen LogP contribution in [0.15, 0.2) is 18.5 Å². The van der Waals surface area contributed by atoms with Crippen LogP contribution in [-0.2, 0) is 4.74 Å². The number of carbonyl (C=O) groups is 1. The lowest BCUT2D eigenvalue weighted by Crippen LogP contribution is -2.39. The summed E-state index contributed by atoms with van der Waals surface area (Å²) >= 11 is 12.5. The van der Waals surface area contributed by atoms with Crippen LogP contribution in [0.4, 0.5) is 15.1 Å². The first-order valence-corrected chi connectivity index (χ1v) is 11.5. The zero-order chi connectivity index (χ0) is 25.9. The second kappa shape index (κ2) is 10.8. The number of carbonyl (C=O) groups excluding carboxylic acids is 1.